The van der Waals surface area contributed by atoms with Crippen molar-refractivity contribution in [2.45, 2.75) is 70.9 Å². The molecular formula is C23H34N4O4. The van der Waals surface area contributed by atoms with Gasteiger partial charge in [-0.1, -0.05) is 0 Å². The highest BCUT2D eigenvalue weighted by Gasteiger charge is 2.50. The van der Waals surface area contributed by atoms with E-state index in [0.29, 0.717) is 18.8 Å². The predicted molar refractivity (Wildman–Crippen MR) is 117 cm³/mol. The van der Waals surface area contributed by atoms with Crippen LogP contribution in [0, 0.1) is 12.3 Å². The van der Waals surface area contributed by atoms with E-state index in [2.05, 4.69) is 20.1 Å². The molecule has 2 saturated heterocycles. The number of aliphatic hydroxyl groups is 1. The maximum absolute atomic E-state index is 13.5. The van der Waals surface area contributed by atoms with Crippen LogP contribution in [-0.4, -0.2) is 65.3 Å². The number of rotatable bonds is 4. The summed E-state index contributed by atoms with van der Waals surface area (Å²) < 4.78 is 5.32. The molecule has 0 aromatic carbocycles. The number of nitrogens with zero attached hydrogens (tertiary/aromatic N) is 3. The summed E-state index contributed by atoms with van der Waals surface area (Å²) in [7, 11) is 0. The lowest BCUT2D eigenvalue weighted by molar-refractivity contribution is -0.139. The minimum absolute atomic E-state index is 0.206. The van der Waals surface area contributed by atoms with Crippen molar-refractivity contribution >= 4 is 17.8 Å². The summed E-state index contributed by atoms with van der Waals surface area (Å²) >= 11 is 0. The number of anilines is 1. The van der Waals surface area contributed by atoms with Gasteiger partial charge in [0.2, 0.25) is 5.91 Å². The standard InChI is InChI=1S/C23H34N4O4/c1-3-24-22(30)31-19-14-25-20(13-16(19)2)26-11-4-9-23(15-26)10-12-27(21(23)29)17-5-7-18(28)8-6-17/h13-14,17-18,28H,3-12,15H2,1-2H3,(H,24,30). The molecule has 1 aliphatic carbocycles. The van der Waals surface area contributed by atoms with Crippen LogP contribution in [0.2, 0.25) is 0 Å². The number of piperidine rings is 1. The van der Waals surface area contributed by atoms with Crippen LogP contribution < -0.4 is 15.0 Å². The first-order chi connectivity index (χ1) is 14.9. The summed E-state index contributed by atoms with van der Waals surface area (Å²) in [6.07, 6.45) is 7.07. The molecule has 3 fully saturated rings. The molecule has 31 heavy (non-hydrogen) atoms. The predicted octanol–water partition coefficient (Wildman–Crippen LogP) is 2.62. The highest BCUT2D eigenvalue weighted by Crippen LogP contribution is 2.43. The molecule has 1 atom stereocenters. The molecule has 170 valence electrons. The Morgan fingerprint density at radius 1 is 1.29 bits per heavy atom. The summed E-state index contributed by atoms with van der Waals surface area (Å²) in [6.45, 7) is 6.61. The maximum Gasteiger partial charge on any atom is 0.412 e. The van der Waals surface area contributed by atoms with E-state index >= 15 is 0 Å². The number of carbonyl (C=O) groups excluding carboxylic acids is 2. The van der Waals surface area contributed by atoms with E-state index in [1.54, 1.807) is 6.20 Å². The number of nitrogens with one attached hydrogen (secondary N) is 1. The molecule has 4 rings (SSSR count). The molecule has 2 amide bonds. The van der Waals surface area contributed by atoms with Crippen molar-refractivity contribution in [2.24, 2.45) is 5.41 Å². The normalized spacial score (nSPS) is 28.8. The molecule has 3 heterocycles. The van der Waals surface area contributed by atoms with E-state index in [0.717, 1.165) is 69.4 Å². The Bertz CT molecular complexity index is 824. The maximum atomic E-state index is 13.5. The fraction of sp³-hybridized carbons (Fsp3) is 0.696. The van der Waals surface area contributed by atoms with Crippen LogP contribution in [0.15, 0.2) is 12.3 Å². The average molecular weight is 431 g/mol. The number of likely N-dealkylation sites (tertiary alicyclic amines) is 1. The summed E-state index contributed by atoms with van der Waals surface area (Å²) in [5.41, 5.74) is 0.510. The van der Waals surface area contributed by atoms with Crippen molar-refractivity contribution in [3.05, 3.63) is 17.8 Å². The molecule has 3 aliphatic rings. The smallest absolute Gasteiger partial charge is 0.408 e. The summed E-state index contributed by atoms with van der Waals surface area (Å²) in [6, 6.07) is 2.21. The van der Waals surface area contributed by atoms with Gasteiger partial charge in [-0.15, -0.1) is 0 Å². The van der Waals surface area contributed by atoms with Crippen molar-refractivity contribution in [3.8, 4) is 5.75 Å². The van der Waals surface area contributed by atoms with Crippen LogP contribution in [0.3, 0.4) is 0 Å². The van der Waals surface area contributed by atoms with Gasteiger partial charge < -0.3 is 25.0 Å². The Morgan fingerprint density at radius 3 is 2.77 bits per heavy atom. The minimum atomic E-state index is -0.482. The van der Waals surface area contributed by atoms with E-state index < -0.39 is 6.09 Å². The van der Waals surface area contributed by atoms with Crippen LogP contribution in [0.25, 0.3) is 0 Å². The first-order valence-corrected chi connectivity index (χ1v) is 11.6. The summed E-state index contributed by atoms with van der Waals surface area (Å²) in [5.74, 6) is 1.56. The molecule has 2 N–H and O–H groups in total. The van der Waals surface area contributed by atoms with Gasteiger partial charge in [-0.05, 0) is 70.4 Å². The van der Waals surface area contributed by atoms with Crippen LogP contribution in [0.1, 0.15) is 57.4 Å². The van der Waals surface area contributed by atoms with E-state index in [4.69, 9.17) is 4.74 Å². The topological polar surface area (TPSA) is 95.0 Å². The van der Waals surface area contributed by atoms with Crippen molar-refractivity contribution < 1.29 is 19.4 Å². The number of amides is 2. The quantitative estimate of drug-likeness (QED) is 0.763. The monoisotopic (exact) mass is 430 g/mol. The Morgan fingerprint density at radius 2 is 2.06 bits per heavy atom. The molecule has 1 spiro atoms. The van der Waals surface area contributed by atoms with Crippen molar-refractivity contribution in [1.82, 2.24) is 15.2 Å². The van der Waals surface area contributed by atoms with Gasteiger partial charge in [0.25, 0.3) is 0 Å². The Hall–Kier alpha value is -2.35. The third-order valence-corrected chi connectivity index (χ3v) is 7.13. The fourth-order valence-electron chi connectivity index (χ4n) is 5.36. The van der Waals surface area contributed by atoms with E-state index in [9.17, 15) is 14.7 Å². The molecular weight excluding hydrogens is 396 g/mol. The lowest BCUT2D eigenvalue weighted by Crippen LogP contribution is -2.50. The number of aliphatic hydroxyl groups excluding tert-OH is 1. The first-order valence-electron chi connectivity index (χ1n) is 11.6. The molecule has 1 unspecified atom stereocenters. The van der Waals surface area contributed by atoms with E-state index in [-0.39, 0.29) is 23.5 Å². The zero-order valence-electron chi connectivity index (χ0n) is 18.6. The van der Waals surface area contributed by atoms with Gasteiger partial charge >= 0.3 is 6.09 Å². The summed E-state index contributed by atoms with van der Waals surface area (Å²) in [4.78, 5) is 34.0. The Labute approximate surface area is 184 Å². The lowest BCUT2D eigenvalue weighted by Gasteiger charge is -2.41. The van der Waals surface area contributed by atoms with E-state index in [1.807, 2.05) is 19.9 Å². The number of hydrogen-bond donors (Lipinski definition) is 2. The van der Waals surface area contributed by atoms with Gasteiger partial charge in [-0.3, -0.25) is 4.79 Å². The summed E-state index contributed by atoms with van der Waals surface area (Å²) in [5, 5.41) is 12.4. The third-order valence-electron chi connectivity index (χ3n) is 7.13. The number of ether oxygens (including phenoxy) is 1. The molecule has 0 bridgehead atoms. The molecule has 1 saturated carbocycles. The minimum Gasteiger partial charge on any atom is -0.408 e. The van der Waals surface area contributed by atoms with Gasteiger partial charge in [0.15, 0.2) is 5.75 Å². The van der Waals surface area contributed by atoms with Crippen LogP contribution in [-0.2, 0) is 4.79 Å². The highest BCUT2D eigenvalue weighted by molar-refractivity contribution is 5.86. The third kappa shape index (κ3) is 4.49. The van der Waals surface area contributed by atoms with Crippen molar-refractivity contribution in [3.63, 3.8) is 0 Å². The van der Waals surface area contributed by atoms with Crippen LogP contribution >= 0.6 is 0 Å². The number of hydrogen-bond acceptors (Lipinski definition) is 6. The number of carbonyl (C=O) groups is 2. The van der Waals surface area contributed by atoms with Crippen LogP contribution in [0.4, 0.5) is 10.6 Å². The van der Waals surface area contributed by atoms with Crippen molar-refractivity contribution in [2.75, 3.05) is 31.1 Å². The van der Waals surface area contributed by atoms with Gasteiger partial charge in [0.1, 0.15) is 5.82 Å². The Kier molecular flexibility index (Phi) is 6.36. The SMILES string of the molecule is CCNC(=O)Oc1cnc(N2CCCC3(CCN(C4CCC(O)CC4)C3=O)C2)cc1C. The molecule has 0 radical (unpaired) electrons. The Balaban J connectivity index is 1.44. The van der Waals surface area contributed by atoms with Gasteiger partial charge in [-0.25, -0.2) is 9.78 Å². The second kappa shape index (κ2) is 9.02. The second-order valence-corrected chi connectivity index (χ2v) is 9.24. The molecule has 8 nitrogen and oxygen atoms in total. The fourth-order valence-corrected chi connectivity index (χ4v) is 5.36. The zero-order chi connectivity index (χ0) is 22.0. The zero-order valence-corrected chi connectivity index (χ0v) is 18.6. The molecule has 8 heteroatoms. The largest absolute Gasteiger partial charge is 0.412 e. The van der Waals surface area contributed by atoms with Gasteiger partial charge in [-0.2, -0.15) is 0 Å². The number of pyridine rings is 1. The lowest BCUT2D eigenvalue weighted by atomic mass is 9.78. The van der Waals surface area contributed by atoms with E-state index in [1.165, 1.54) is 0 Å². The van der Waals surface area contributed by atoms with Crippen molar-refractivity contribution in [1.29, 1.82) is 0 Å². The molecule has 1 aromatic rings. The number of aryl methyl sites for hydroxylation is 1. The number of aromatic nitrogens is 1. The first kappa shape index (κ1) is 21.9. The van der Waals surface area contributed by atoms with Crippen LogP contribution in [0.5, 0.6) is 5.75 Å². The van der Waals surface area contributed by atoms with Gasteiger partial charge in [0.05, 0.1) is 17.7 Å². The second-order valence-electron chi connectivity index (χ2n) is 9.24. The molecule has 2 aliphatic heterocycles. The van der Waals surface area contributed by atoms with Gasteiger partial charge in [0, 0.05) is 32.2 Å². The average Bonchev–Trinajstić information content (AvgIpc) is 3.06. The molecule has 1 aromatic heterocycles. The highest BCUT2D eigenvalue weighted by atomic mass is 16.6.